The average molecular weight is 175 g/mol. The van der Waals surface area contributed by atoms with Crippen molar-refractivity contribution in [1.82, 2.24) is 0 Å². The number of fused-ring (bicyclic) bond motifs is 1. The van der Waals surface area contributed by atoms with Crippen molar-refractivity contribution in [2.75, 3.05) is 6.61 Å². The van der Waals surface area contributed by atoms with Crippen molar-refractivity contribution >= 4 is 5.71 Å². The Labute approximate surface area is 77.7 Å². The molecular formula is C11H13NO. The third-order valence-corrected chi connectivity index (χ3v) is 2.63. The number of aliphatic hydroxyl groups is 1. The molecule has 0 atom stereocenters. The van der Waals surface area contributed by atoms with Gasteiger partial charge in [-0.15, -0.1) is 0 Å². The van der Waals surface area contributed by atoms with Crippen LogP contribution in [0.1, 0.15) is 23.1 Å². The van der Waals surface area contributed by atoms with Gasteiger partial charge in [-0.1, -0.05) is 18.2 Å². The van der Waals surface area contributed by atoms with E-state index in [4.69, 9.17) is 10.5 Å². The van der Waals surface area contributed by atoms with Gasteiger partial charge in [0.05, 0.1) is 12.3 Å². The van der Waals surface area contributed by atoms with Gasteiger partial charge in [0.25, 0.3) is 0 Å². The van der Waals surface area contributed by atoms with Gasteiger partial charge in [0, 0.05) is 5.56 Å². The lowest BCUT2D eigenvalue weighted by Gasteiger charge is -2.07. The molecule has 2 nitrogen and oxygen atoms in total. The number of aryl methyl sites for hydroxylation is 1. The maximum absolute atomic E-state index is 8.89. The molecule has 0 radical (unpaired) electrons. The van der Waals surface area contributed by atoms with Crippen LogP contribution < -0.4 is 0 Å². The predicted octanol–water partition coefficient (Wildman–Crippen LogP) is 1.54. The Balaban J connectivity index is 2.47. The first-order valence-corrected chi connectivity index (χ1v) is 4.62. The Morgan fingerprint density at radius 2 is 2.23 bits per heavy atom. The van der Waals surface area contributed by atoms with Gasteiger partial charge in [-0.25, -0.2) is 0 Å². The monoisotopic (exact) mass is 175 g/mol. The van der Waals surface area contributed by atoms with E-state index in [9.17, 15) is 0 Å². The predicted molar refractivity (Wildman–Crippen MR) is 52.4 cm³/mol. The lowest BCUT2D eigenvalue weighted by molar-refractivity contribution is 0.357. The van der Waals surface area contributed by atoms with Crippen LogP contribution in [0.15, 0.2) is 18.2 Å². The Morgan fingerprint density at radius 1 is 1.38 bits per heavy atom. The number of rotatable bonds is 2. The van der Waals surface area contributed by atoms with E-state index in [1.165, 1.54) is 17.5 Å². The van der Waals surface area contributed by atoms with Crippen molar-refractivity contribution in [3.63, 3.8) is 0 Å². The van der Waals surface area contributed by atoms with Crippen LogP contribution in [-0.4, -0.2) is 17.4 Å². The van der Waals surface area contributed by atoms with E-state index in [1.807, 2.05) is 12.1 Å². The Morgan fingerprint density at radius 3 is 3.00 bits per heavy atom. The summed E-state index contributed by atoms with van der Waals surface area (Å²) in [5.41, 5.74) is 3.92. The average Bonchev–Trinajstić information content (AvgIpc) is 2.63. The van der Waals surface area contributed by atoms with Crippen molar-refractivity contribution in [2.45, 2.75) is 19.3 Å². The van der Waals surface area contributed by atoms with Gasteiger partial charge in [0.1, 0.15) is 0 Å². The number of nitrogens with one attached hydrogen (secondary N) is 1. The van der Waals surface area contributed by atoms with Gasteiger partial charge in [-0.05, 0) is 30.4 Å². The molecule has 0 saturated carbocycles. The summed E-state index contributed by atoms with van der Waals surface area (Å²) in [5, 5.41) is 16.5. The molecule has 0 aromatic heterocycles. The van der Waals surface area contributed by atoms with Gasteiger partial charge in [0.15, 0.2) is 0 Å². The van der Waals surface area contributed by atoms with Crippen LogP contribution in [0.3, 0.4) is 0 Å². The molecule has 0 amide bonds. The lowest BCUT2D eigenvalue weighted by atomic mass is 10.00. The molecule has 1 aliphatic rings. The second kappa shape index (κ2) is 3.30. The topological polar surface area (TPSA) is 44.1 Å². The fraction of sp³-hybridized carbons (Fsp3) is 0.364. The van der Waals surface area contributed by atoms with E-state index in [2.05, 4.69) is 6.07 Å². The van der Waals surface area contributed by atoms with Gasteiger partial charge in [-0.2, -0.15) is 0 Å². The third kappa shape index (κ3) is 1.38. The van der Waals surface area contributed by atoms with Crippen LogP contribution in [0.25, 0.3) is 0 Å². The molecule has 1 aromatic carbocycles. The van der Waals surface area contributed by atoms with Crippen LogP contribution in [0.4, 0.5) is 0 Å². The summed E-state index contributed by atoms with van der Waals surface area (Å²) >= 11 is 0. The molecule has 68 valence electrons. The zero-order valence-electron chi connectivity index (χ0n) is 7.51. The van der Waals surface area contributed by atoms with E-state index >= 15 is 0 Å². The van der Waals surface area contributed by atoms with Crippen LogP contribution in [0, 0.1) is 5.41 Å². The molecule has 0 heterocycles. The molecule has 13 heavy (non-hydrogen) atoms. The summed E-state index contributed by atoms with van der Waals surface area (Å²) in [6, 6.07) is 6.03. The fourth-order valence-corrected chi connectivity index (χ4v) is 1.99. The zero-order valence-corrected chi connectivity index (χ0v) is 7.51. The van der Waals surface area contributed by atoms with E-state index in [1.54, 1.807) is 0 Å². The molecule has 0 saturated heterocycles. The van der Waals surface area contributed by atoms with E-state index in [-0.39, 0.29) is 6.61 Å². The number of benzene rings is 1. The van der Waals surface area contributed by atoms with E-state index in [0.29, 0.717) is 5.71 Å². The van der Waals surface area contributed by atoms with Crippen molar-refractivity contribution < 1.29 is 5.11 Å². The molecule has 0 fully saturated rings. The maximum atomic E-state index is 8.89. The first-order valence-electron chi connectivity index (χ1n) is 4.62. The molecule has 0 aliphatic heterocycles. The highest BCUT2D eigenvalue weighted by atomic mass is 16.3. The number of hydrogen-bond acceptors (Lipinski definition) is 2. The molecule has 2 N–H and O–H groups in total. The minimum Gasteiger partial charge on any atom is -0.390 e. The lowest BCUT2D eigenvalue weighted by Crippen LogP contribution is -2.07. The quantitative estimate of drug-likeness (QED) is 0.658. The van der Waals surface area contributed by atoms with Crippen LogP contribution in [-0.2, 0) is 12.8 Å². The molecule has 1 aliphatic carbocycles. The number of hydrogen-bond donors (Lipinski definition) is 2. The summed E-state index contributed by atoms with van der Waals surface area (Å²) < 4.78 is 0. The third-order valence-electron chi connectivity index (χ3n) is 2.63. The SMILES string of the molecule is N=C(CO)c1cccc2c1CCC2. The first-order chi connectivity index (χ1) is 6.33. The molecule has 2 rings (SSSR count). The molecule has 1 aromatic rings. The summed E-state index contributed by atoms with van der Waals surface area (Å²) in [7, 11) is 0. The van der Waals surface area contributed by atoms with Crippen LogP contribution in [0.2, 0.25) is 0 Å². The summed E-state index contributed by atoms with van der Waals surface area (Å²) in [6.45, 7) is -0.156. The second-order valence-corrected chi connectivity index (χ2v) is 3.43. The van der Waals surface area contributed by atoms with Crippen LogP contribution >= 0.6 is 0 Å². The molecule has 0 bridgehead atoms. The summed E-state index contributed by atoms with van der Waals surface area (Å²) in [6.07, 6.45) is 3.38. The van der Waals surface area contributed by atoms with Crippen LogP contribution in [0.5, 0.6) is 0 Å². The van der Waals surface area contributed by atoms with E-state index < -0.39 is 0 Å². The highest BCUT2D eigenvalue weighted by Crippen LogP contribution is 2.25. The highest BCUT2D eigenvalue weighted by molar-refractivity contribution is 6.00. The van der Waals surface area contributed by atoms with Gasteiger partial charge >= 0.3 is 0 Å². The summed E-state index contributed by atoms with van der Waals surface area (Å²) in [4.78, 5) is 0. The molecule has 0 spiro atoms. The molecule has 2 heteroatoms. The minimum atomic E-state index is -0.156. The van der Waals surface area contributed by atoms with Gasteiger partial charge < -0.3 is 10.5 Å². The standard InChI is InChI=1S/C11H13NO/c12-11(7-13)10-6-2-4-8-3-1-5-9(8)10/h2,4,6,12-13H,1,3,5,7H2. The molecule has 0 unspecified atom stereocenters. The van der Waals surface area contributed by atoms with Crippen molar-refractivity contribution in [1.29, 1.82) is 5.41 Å². The highest BCUT2D eigenvalue weighted by Gasteiger charge is 2.15. The zero-order chi connectivity index (χ0) is 9.26. The van der Waals surface area contributed by atoms with Crippen molar-refractivity contribution in [2.24, 2.45) is 0 Å². The largest absolute Gasteiger partial charge is 0.390 e. The smallest absolute Gasteiger partial charge is 0.0852 e. The van der Waals surface area contributed by atoms with E-state index in [0.717, 1.165) is 18.4 Å². The minimum absolute atomic E-state index is 0.156. The Hall–Kier alpha value is -1.15. The summed E-state index contributed by atoms with van der Waals surface area (Å²) in [5.74, 6) is 0. The molecular weight excluding hydrogens is 162 g/mol. The maximum Gasteiger partial charge on any atom is 0.0852 e. The second-order valence-electron chi connectivity index (χ2n) is 3.43. The first kappa shape index (κ1) is 8.45. The normalized spacial score (nSPS) is 14.2. The van der Waals surface area contributed by atoms with Crippen molar-refractivity contribution in [3.8, 4) is 0 Å². The van der Waals surface area contributed by atoms with Crippen molar-refractivity contribution in [3.05, 3.63) is 34.9 Å². The van der Waals surface area contributed by atoms with Gasteiger partial charge in [-0.3, -0.25) is 0 Å². The number of aliphatic hydroxyl groups excluding tert-OH is 1. The fourth-order valence-electron chi connectivity index (χ4n) is 1.99. The van der Waals surface area contributed by atoms with Gasteiger partial charge in [0.2, 0.25) is 0 Å². The Kier molecular flexibility index (Phi) is 2.15. The Bertz CT molecular complexity index is 344.